The lowest BCUT2D eigenvalue weighted by Crippen LogP contribution is -2.43. The molecule has 6 rings (SSSR count). The number of morpholine rings is 1. The first-order valence-electron chi connectivity index (χ1n) is 11.4. The van der Waals surface area contributed by atoms with E-state index in [9.17, 15) is 19.2 Å². The number of rotatable bonds is 4. The molecule has 0 N–H and O–H groups in total. The number of carbonyl (C=O) groups is 3. The topological polar surface area (TPSA) is 102 Å². The van der Waals surface area contributed by atoms with Crippen molar-refractivity contribution in [2.45, 2.75) is 22.7 Å². The van der Waals surface area contributed by atoms with Crippen LogP contribution in [-0.2, 0) is 25.7 Å². The Morgan fingerprint density at radius 2 is 1.81 bits per heavy atom. The maximum absolute atomic E-state index is 13.7. The third kappa shape index (κ3) is 3.81. The molecular weight excluding hydrogens is 526 g/mol. The van der Waals surface area contributed by atoms with Crippen molar-refractivity contribution in [3.8, 4) is 0 Å². The van der Waals surface area contributed by atoms with E-state index in [4.69, 9.17) is 20.8 Å². The van der Waals surface area contributed by atoms with Crippen LogP contribution in [0.3, 0.4) is 0 Å². The number of thioether (sulfide) groups is 1. The Morgan fingerprint density at radius 1 is 1.06 bits per heavy atom. The van der Waals surface area contributed by atoms with Crippen molar-refractivity contribution >= 4 is 58.1 Å². The van der Waals surface area contributed by atoms with Gasteiger partial charge in [-0.05, 0) is 36.4 Å². The van der Waals surface area contributed by atoms with E-state index in [2.05, 4.69) is 0 Å². The first-order valence-corrected chi connectivity index (χ1v) is 13.4. The van der Waals surface area contributed by atoms with Gasteiger partial charge in [0.2, 0.25) is 17.7 Å². The molecule has 5 heterocycles. The molecule has 3 aliphatic heterocycles. The summed E-state index contributed by atoms with van der Waals surface area (Å²) >= 11 is 8.18. The van der Waals surface area contributed by atoms with Crippen LogP contribution in [0.25, 0.3) is 0 Å². The van der Waals surface area contributed by atoms with Gasteiger partial charge in [-0.1, -0.05) is 34.7 Å². The summed E-state index contributed by atoms with van der Waals surface area (Å²) in [6.45, 7) is 1.71. The normalized spacial score (nSPS) is 23.6. The SMILES string of the molecule is O=C(Cn1c2c(sc1=O)[C@H](c1ccco1)C1C(=O)N(c3ccc(Cl)cc3)C(=O)C1S2)N1CCOCC1. The zero-order valence-corrected chi connectivity index (χ0v) is 21.2. The predicted molar refractivity (Wildman–Crippen MR) is 134 cm³/mol. The number of carbonyl (C=O) groups excluding carboxylic acids is 3. The number of imide groups is 1. The van der Waals surface area contributed by atoms with Gasteiger partial charge in [0.15, 0.2) is 0 Å². The molecule has 1 aromatic carbocycles. The molecule has 3 aliphatic rings. The summed E-state index contributed by atoms with van der Waals surface area (Å²) < 4.78 is 12.4. The summed E-state index contributed by atoms with van der Waals surface area (Å²) in [5.74, 6) is -1.79. The van der Waals surface area contributed by atoms with Crippen LogP contribution in [0.15, 0.2) is 56.9 Å². The lowest BCUT2D eigenvalue weighted by atomic mass is 9.87. The number of ether oxygens (including phenoxy) is 1. The maximum Gasteiger partial charge on any atom is 0.308 e. The number of fused-ring (bicyclic) bond motifs is 2. The quantitative estimate of drug-likeness (QED) is 0.465. The molecular formula is C24H20ClN3O6S2. The molecule has 2 unspecified atom stereocenters. The lowest BCUT2D eigenvalue weighted by molar-refractivity contribution is -0.136. The Hall–Kier alpha value is -2.86. The van der Waals surface area contributed by atoms with Crippen LogP contribution in [0.4, 0.5) is 5.69 Å². The number of amides is 3. The van der Waals surface area contributed by atoms with Crippen LogP contribution in [-0.4, -0.2) is 58.7 Å². The van der Waals surface area contributed by atoms with Gasteiger partial charge in [-0.2, -0.15) is 0 Å². The van der Waals surface area contributed by atoms with Crippen LogP contribution >= 0.6 is 34.7 Å². The minimum Gasteiger partial charge on any atom is -0.469 e. The molecule has 2 aromatic heterocycles. The van der Waals surface area contributed by atoms with Gasteiger partial charge in [0.25, 0.3) is 0 Å². The van der Waals surface area contributed by atoms with E-state index in [1.165, 1.54) is 27.5 Å². The molecule has 186 valence electrons. The summed E-state index contributed by atoms with van der Waals surface area (Å²) in [7, 11) is 0. The number of hydrogen-bond acceptors (Lipinski definition) is 8. The number of benzene rings is 1. The summed E-state index contributed by atoms with van der Waals surface area (Å²) in [6.07, 6.45) is 1.51. The van der Waals surface area contributed by atoms with Crippen molar-refractivity contribution in [1.82, 2.24) is 9.47 Å². The Morgan fingerprint density at radius 3 is 2.50 bits per heavy atom. The van der Waals surface area contributed by atoms with E-state index in [0.29, 0.717) is 52.7 Å². The van der Waals surface area contributed by atoms with E-state index in [1.807, 2.05) is 0 Å². The van der Waals surface area contributed by atoms with Crippen molar-refractivity contribution in [1.29, 1.82) is 0 Å². The minimum absolute atomic E-state index is 0.136. The van der Waals surface area contributed by atoms with Gasteiger partial charge in [0.1, 0.15) is 17.6 Å². The highest BCUT2D eigenvalue weighted by Crippen LogP contribution is 2.53. The van der Waals surface area contributed by atoms with Crippen molar-refractivity contribution in [3.63, 3.8) is 0 Å². The van der Waals surface area contributed by atoms with E-state index in [0.717, 1.165) is 11.3 Å². The summed E-state index contributed by atoms with van der Waals surface area (Å²) in [4.78, 5) is 56.5. The zero-order chi connectivity index (χ0) is 25.0. The van der Waals surface area contributed by atoms with E-state index >= 15 is 0 Å². The molecule has 0 aliphatic carbocycles. The summed E-state index contributed by atoms with van der Waals surface area (Å²) in [5.41, 5.74) is 0.436. The van der Waals surface area contributed by atoms with Gasteiger partial charge >= 0.3 is 4.87 Å². The van der Waals surface area contributed by atoms with Gasteiger partial charge in [-0.15, -0.1) is 0 Å². The fourth-order valence-electron chi connectivity index (χ4n) is 4.92. The average molecular weight is 546 g/mol. The number of hydrogen-bond donors (Lipinski definition) is 0. The monoisotopic (exact) mass is 545 g/mol. The number of halogens is 1. The predicted octanol–water partition coefficient (Wildman–Crippen LogP) is 2.81. The number of anilines is 1. The second-order valence-corrected chi connectivity index (χ2v) is 11.2. The van der Waals surface area contributed by atoms with Crippen molar-refractivity contribution in [3.05, 3.63) is 68.0 Å². The summed E-state index contributed by atoms with van der Waals surface area (Å²) in [6, 6.07) is 9.98. The highest BCUT2D eigenvalue weighted by molar-refractivity contribution is 8.00. The Labute approximate surface area is 218 Å². The van der Waals surface area contributed by atoms with Crippen LogP contribution in [0.5, 0.6) is 0 Å². The average Bonchev–Trinajstić information content (AvgIpc) is 3.58. The largest absolute Gasteiger partial charge is 0.469 e. The fourth-order valence-corrected chi connectivity index (χ4v) is 7.80. The molecule has 2 saturated heterocycles. The lowest BCUT2D eigenvalue weighted by Gasteiger charge is -2.30. The molecule has 3 amide bonds. The second kappa shape index (κ2) is 9.22. The molecule has 2 fully saturated rings. The molecule has 0 saturated carbocycles. The van der Waals surface area contributed by atoms with Gasteiger partial charge in [-0.25, -0.2) is 4.90 Å². The van der Waals surface area contributed by atoms with Gasteiger partial charge in [0, 0.05) is 18.1 Å². The van der Waals surface area contributed by atoms with Gasteiger partial charge in [-0.3, -0.25) is 23.7 Å². The van der Waals surface area contributed by atoms with Crippen molar-refractivity contribution in [2.24, 2.45) is 5.92 Å². The van der Waals surface area contributed by atoms with Crippen molar-refractivity contribution < 1.29 is 23.5 Å². The zero-order valence-electron chi connectivity index (χ0n) is 18.8. The molecule has 3 aromatic rings. The molecule has 9 nitrogen and oxygen atoms in total. The third-order valence-corrected chi connectivity index (χ3v) is 9.50. The Balaban J connectivity index is 1.41. The fraction of sp³-hybridized carbons (Fsp3) is 0.333. The molecule has 36 heavy (non-hydrogen) atoms. The molecule has 0 bridgehead atoms. The van der Waals surface area contributed by atoms with Crippen LogP contribution in [0.2, 0.25) is 5.02 Å². The third-order valence-electron chi connectivity index (χ3n) is 6.64. The van der Waals surface area contributed by atoms with Crippen LogP contribution < -0.4 is 9.77 Å². The molecule has 12 heteroatoms. The summed E-state index contributed by atoms with van der Waals surface area (Å²) in [5, 5.41) is 0.261. The Kier molecular flexibility index (Phi) is 6.03. The van der Waals surface area contributed by atoms with Crippen molar-refractivity contribution in [2.75, 3.05) is 31.2 Å². The molecule has 3 atom stereocenters. The van der Waals surface area contributed by atoms with Gasteiger partial charge < -0.3 is 14.1 Å². The van der Waals surface area contributed by atoms with Crippen LogP contribution in [0, 0.1) is 5.92 Å². The molecule has 0 radical (unpaired) electrons. The van der Waals surface area contributed by atoms with Crippen LogP contribution in [0.1, 0.15) is 16.6 Å². The minimum atomic E-state index is -0.769. The molecule has 0 spiro atoms. The van der Waals surface area contributed by atoms with Gasteiger partial charge in [0.05, 0.1) is 46.9 Å². The first kappa shape index (κ1) is 23.5. The number of furan rings is 1. The highest BCUT2D eigenvalue weighted by atomic mass is 35.5. The van der Waals surface area contributed by atoms with E-state index in [1.54, 1.807) is 41.3 Å². The number of aromatic nitrogens is 1. The maximum atomic E-state index is 13.7. The smallest absolute Gasteiger partial charge is 0.308 e. The highest BCUT2D eigenvalue weighted by Gasteiger charge is 2.57. The standard InChI is InChI=1S/C24H20ClN3O6S2/c25-13-3-5-14(6-4-13)28-21(30)18-17(15-2-1-9-34-15)20-23(35-19(18)22(28)31)27(24(32)36-20)12-16(29)26-7-10-33-11-8-26/h1-6,9,17-19H,7-8,10-12H2/t17-,18?,19?/m1/s1. The first-order chi connectivity index (χ1) is 17.4. The second-order valence-electron chi connectivity index (χ2n) is 8.66. The van der Waals surface area contributed by atoms with E-state index in [-0.39, 0.29) is 29.1 Å². The Bertz CT molecular complexity index is 1390. The number of nitrogens with zero attached hydrogens (tertiary/aromatic N) is 3. The number of thiazole rings is 1. The van der Waals surface area contributed by atoms with E-state index < -0.39 is 17.1 Å².